The van der Waals surface area contributed by atoms with Crippen LogP contribution in [0.3, 0.4) is 0 Å². The highest BCUT2D eigenvalue weighted by Gasteiger charge is 2.03. The maximum Gasteiger partial charge on any atom is 0.147 e. The van der Waals surface area contributed by atoms with E-state index in [4.69, 9.17) is 5.26 Å². The topological polar surface area (TPSA) is 70.3 Å². The van der Waals surface area contributed by atoms with Crippen molar-refractivity contribution in [1.82, 2.24) is 0 Å². The standard InChI is InChI=1S/C11H7BrN2O2/c12-10-2-1-9(11(6-10)14-16)5-8(7-15)3-4-13/h1-2,5-7H,3H2/b8-5+. The number of benzene rings is 1. The minimum atomic E-state index is 0.0118. The molecule has 80 valence electrons. The van der Waals surface area contributed by atoms with Crippen LogP contribution in [0.4, 0.5) is 5.69 Å². The number of carbonyl (C=O) groups is 1. The summed E-state index contributed by atoms with van der Waals surface area (Å²) in [5, 5.41) is 11.3. The molecule has 0 unspecified atom stereocenters. The molecule has 1 rings (SSSR count). The van der Waals surface area contributed by atoms with Gasteiger partial charge in [0.25, 0.3) is 0 Å². The number of rotatable bonds is 4. The monoisotopic (exact) mass is 278 g/mol. The molecule has 1 aromatic carbocycles. The van der Waals surface area contributed by atoms with Gasteiger partial charge in [0.2, 0.25) is 0 Å². The van der Waals surface area contributed by atoms with Gasteiger partial charge >= 0.3 is 0 Å². The van der Waals surface area contributed by atoms with Gasteiger partial charge in [-0.25, -0.2) is 0 Å². The van der Waals surface area contributed by atoms with E-state index in [1.807, 2.05) is 6.07 Å². The second-order valence-corrected chi connectivity index (χ2v) is 3.88. The molecule has 16 heavy (non-hydrogen) atoms. The fourth-order valence-electron chi connectivity index (χ4n) is 1.14. The van der Waals surface area contributed by atoms with Crippen LogP contribution < -0.4 is 0 Å². The SMILES string of the molecule is N#CC/C(C=O)=C\c1ccc(Br)cc1N=O. The van der Waals surface area contributed by atoms with Crippen LogP contribution in [0.5, 0.6) is 0 Å². The molecule has 0 heterocycles. The van der Waals surface area contributed by atoms with Crippen LogP contribution in [0.1, 0.15) is 12.0 Å². The Balaban J connectivity index is 3.18. The van der Waals surface area contributed by atoms with Gasteiger partial charge in [0.05, 0.1) is 12.5 Å². The highest BCUT2D eigenvalue weighted by atomic mass is 79.9. The number of hydrogen-bond donors (Lipinski definition) is 0. The van der Waals surface area contributed by atoms with Crippen molar-refractivity contribution in [2.75, 3.05) is 0 Å². The van der Waals surface area contributed by atoms with Gasteiger partial charge in [0.15, 0.2) is 0 Å². The van der Waals surface area contributed by atoms with Crippen LogP contribution in [0, 0.1) is 16.2 Å². The zero-order valence-corrected chi connectivity index (χ0v) is 9.77. The van der Waals surface area contributed by atoms with E-state index in [1.165, 1.54) is 6.08 Å². The second kappa shape index (κ2) is 5.93. The molecular weight excluding hydrogens is 272 g/mol. The summed E-state index contributed by atoms with van der Waals surface area (Å²) in [4.78, 5) is 21.2. The molecule has 0 aliphatic carbocycles. The molecule has 0 fully saturated rings. The van der Waals surface area contributed by atoms with Crippen molar-refractivity contribution >= 4 is 34.0 Å². The lowest BCUT2D eigenvalue weighted by molar-refractivity contribution is -0.104. The fourth-order valence-corrected chi connectivity index (χ4v) is 1.48. The summed E-state index contributed by atoms with van der Waals surface area (Å²) in [6.07, 6.45) is 2.09. The summed E-state index contributed by atoms with van der Waals surface area (Å²) in [6.45, 7) is 0. The molecule has 0 amide bonds. The number of carbonyl (C=O) groups excluding carboxylic acids is 1. The van der Waals surface area contributed by atoms with Gasteiger partial charge in [-0.15, -0.1) is 4.91 Å². The van der Waals surface area contributed by atoms with Crippen molar-refractivity contribution in [3.63, 3.8) is 0 Å². The number of nitroso groups, excluding NO2 is 1. The van der Waals surface area contributed by atoms with Gasteiger partial charge in [-0.05, 0) is 23.4 Å². The normalized spacial score (nSPS) is 10.6. The number of aldehydes is 1. The molecule has 0 atom stereocenters. The Kier molecular flexibility index (Phi) is 4.55. The quantitative estimate of drug-likeness (QED) is 0.482. The van der Waals surface area contributed by atoms with Crippen LogP contribution in [-0.2, 0) is 4.79 Å². The molecular formula is C11H7BrN2O2. The van der Waals surface area contributed by atoms with E-state index >= 15 is 0 Å². The van der Waals surface area contributed by atoms with E-state index in [2.05, 4.69) is 21.1 Å². The highest BCUT2D eigenvalue weighted by Crippen LogP contribution is 2.26. The maximum atomic E-state index is 10.6. The second-order valence-electron chi connectivity index (χ2n) is 2.97. The number of nitriles is 1. The summed E-state index contributed by atoms with van der Waals surface area (Å²) in [7, 11) is 0. The van der Waals surface area contributed by atoms with Gasteiger partial charge in [-0.2, -0.15) is 5.26 Å². The Labute approximate surface area is 101 Å². The van der Waals surface area contributed by atoms with E-state index < -0.39 is 0 Å². The van der Waals surface area contributed by atoms with Crippen LogP contribution in [0.2, 0.25) is 0 Å². The average Bonchev–Trinajstić information content (AvgIpc) is 2.30. The zero-order chi connectivity index (χ0) is 12.0. The number of allylic oxidation sites excluding steroid dienone is 1. The molecule has 0 saturated heterocycles. The Bertz CT molecular complexity index is 489. The van der Waals surface area contributed by atoms with Crippen molar-refractivity contribution in [2.45, 2.75) is 6.42 Å². The fraction of sp³-hybridized carbons (Fsp3) is 0.0909. The molecule has 0 aliphatic heterocycles. The first-order chi connectivity index (χ1) is 7.71. The molecule has 0 saturated carbocycles. The summed E-state index contributed by atoms with van der Waals surface area (Å²) in [6, 6.07) is 6.81. The zero-order valence-electron chi connectivity index (χ0n) is 8.18. The van der Waals surface area contributed by atoms with Crippen molar-refractivity contribution in [3.8, 4) is 6.07 Å². The molecule has 0 bridgehead atoms. The first-order valence-electron chi connectivity index (χ1n) is 4.37. The van der Waals surface area contributed by atoms with E-state index in [9.17, 15) is 9.70 Å². The Morgan fingerprint density at radius 1 is 1.56 bits per heavy atom. The smallest absolute Gasteiger partial charge is 0.147 e. The summed E-state index contributed by atoms with van der Waals surface area (Å²) >= 11 is 3.21. The molecule has 0 N–H and O–H groups in total. The van der Waals surface area contributed by atoms with Gasteiger partial charge < -0.3 is 0 Å². The van der Waals surface area contributed by atoms with E-state index in [-0.39, 0.29) is 12.1 Å². The number of halogens is 1. The van der Waals surface area contributed by atoms with E-state index in [1.54, 1.807) is 18.2 Å². The van der Waals surface area contributed by atoms with Crippen molar-refractivity contribution in [2.24, 2.45) is 5.18 Å². The Morgan fingerprint density at radius 3 is 2.88 bits per heavy atom. The molecule has 0 aliphatic rings. The third-order valence-corrected chi connectivity index (χ3v) is 2.36. The first kappa shape index (κ1) is 12.3. The Morgan fingerprint density at radius 2 is 2.31 bits per heavy atom. The lowest BCUT2D eigenvalue weighted by Gasteiger charge is -1.99. The number of nitrogens with zero attached hydrogens (tertiary/aromatic N) is 2. The van der Waals surface area contributed by atoms with Gasteiger partial charge in [-0.1, -0.05) is 22.0 Å². The predicted molar refractivity (Wildman–Crippen MR) is 63.9 cm³/mol. The van der Waals surface area contributed by atoms with Crippen LogP contribution in [0.15, 0.2) is 33.4 Å². The lowest BCUT2D eigenvalue weighted by Crippen LogP contribution is -1.84. The number of hydrogen-bond acceptors (Lipinski definition) is 4. The highest BCUT2D eigenvalue weighted by molar-refractivity contribution is 9.10. The molecule has 0 spiro atoms. The summed E-state index contributed by atoms with van der Waals surface area (Å²) in [5.41, 5.74) is 1.07. The van der Waals surface area contributed by atoms with Crippen LogP contribution >= 0.6 is 15.9 Å². The van der Waals surface area contributed by atoms with Gasteiger partial charge in [0, 0.05) is 15.6 Å². The molecule has 4 nitrogen and oxygen atoms in total. The van der Waals surface area contributed by atoms with Crippen LogP contribution in [-0.4, -0.2) is 6.29 Å². The maximum absolute atomic E-state index is 10.6. The predicted octanol–water partition coefficient (Wildman–Crippen LogP) is 3.34. The largest absolute Gasteiger partial charge is 0.298 e. The van der Waals surface area contributed by atoms with E-state index in [0.29, 0.717) is 17.4 Å². The molecule has 0 radical (unpaired) electrons. The van der Waals surface area contributed by atoms with Crippen molar-refractivity contribution in [3.05, 3.63) is 38.7 Å². The van der Waals surface area contributed by atoms with Crippen LogP contribution in [0.25, 0.3) is 6.08 Å². The first-order valence-corrected chi connectivity index (χ1v) is 5.16. The van der Waals surface area contributed by atoms with E-state index in [0.717, 1.165) is 4.47 Å². The van der Waals surface area contributed by atoms with Crippen molar-refractivity contribution in [1.29, 1.82) is 5.26 Å². The minimum Gasteiger partial charge on any atom is -0.298 e. The van der Waals surface area contributed by atoms with Gasteiger partial charge in [-0.3, -0.25) is 4.79 Å². The third kappa shape index (κ3) is 3.11. The average molecular weight is 279 g/mol. The minimum absolute atomic E-state index is 0.0118. The van der Waals surface area contributed by atoms with Crippen molar-refractivity contribution < 1.29 is 4.79 Å². The third-order valence-electron chi connectivity index (χ3n) is 1.87. The lowest BCUT2D eigenvalue weighted by atomic mass is 10.1. The summed E-state index contributed by atoms with van der Waals surface area (Å²) < 4.78 is 0.729. The molecule has 5 heteroatoms. The molecule has 0 aromatic heterocycles. The Hall–Kier alpha value is -1.80. The van der Waals surface area contributed by atoms with Gasteiger partial charge in [0.1, 0.15) is 12.0 Å². The molecule has 1 aromatic rings. The summed E-state index contributed by atoms with van der Waals surface area (Å²) in [5.74, 6) is 0.